The number of rotatable bonds is 6. The number of benzene rings is 4. The van der Waals surface area contributed by atoms with Gasteiger partial charge in [-0.15, -0.1) is 0 Å². The molecule has 0 unspecified atom stereocenters. The molecule has 4 nitrogen and oxygen atoms in total. The summed E-state index contributed by atoms with van der Waals surface area (Å²) in [7, 11) is 0. The molecule has 1 aliphatic heterocycles. The maximum absolute atomic E-state index is 10.1. The van der Waals surface area contributed by atoms with Gasteiger partial charge in [-0.2, -0.15) is 0 Å². The summed E-state index contributed by atoms with van der Waals surface area (Å²) >= 11 is 0. The van der Waals surface area contributed by atoms with E-state index < -0.39 is 5.79 Å². The Balaban J connectivity index is 1.51. The van der Waals surface area contributed by atoms with Crippen LogP contribution in [0.1, 0.15) is 66.2 Å². The van der Waals surface area contributed by atoms with E-state index in [9.17, 15) is 10.2 Å². The summed E-state index contributed by atoms with van der Waals surface area (Å²) in [6.07, 6.45) is 4.61. The molecular weight excluding hydrogens is 472 g/mol. The Morgan fingerprint density at radius 1 is 0.500 bits per heavy atom. The number of hydrogen-bond donors (Lipinski definition) is 2. The van der Waals surface area contributed by atoms with Crippen molar-refractivity contribution in [2.75, 3.05) is 0 Å². The van der Waals surface area contributed by atoms with E-state index in [1.807, 2.05) is 36.4 Å². The average molecular weight is 507 g/mol. The molecule has 194 valence electrons. The Kier molecular flexibility index (Phi) is 6.92. The number of phenolic OH excluding ortho intramolecular Hbond substituents is 2. The zero-order chi connectivity index (χ0) is 26.0. The third kappa shape index (κ3) is 4.94. The lowest BCUT2D eigenvalue weighted by molar-refractivity contribution is -0.195. The normalized spacial score (nSPS) is 22.2. The third-order valence-electron chi connectivity index (χ3n) is 8.12. The molecule has 4 aromatic rings. The van der Waals surface area contributed by atoms with Gasteiger partial charge in [0.1, 0.15) is 11.5 Å². The van der Waals surface area contributed by atoms with Gasteiger partial charge >= 0.3 is 0 Å². The van der Waals surface area contributed by atoms with Gasteiger partial charge < -0.3 is 19.7 Å². The lowest BCUT2D eigenvalue weighted by atomic mass is 9.77. The minimum Gasteiger partial charge on any atom is -0.508 e. The first kappa shape index (κ1) is 24.7. The predicted molar refractivity (Wildman–Crippen MR) is 148 cm³/mol. The molecule has 2 fully saturated rings. The fourth-order valence-corrected chi connectivity index (χ4v) is 6.33. The van der Waals surface area contributed by atoms with E-state index in [2.05, 4.69) is 48.5 Å². The number of aromatic hydroxyl groups is 2. The molecule has 6 rings (SSSR count). The summed E-state index contributed by atoms with van der Waals surface area (Å²) in [5, 5.41) is 20.1. The second-order valence-corrected chi connectivity index (χ2v) is 10.6. The quantitative estimate of drug-likeness (QED) is 0.284. The summed E-state index contributed by atoms with van der Waals surface area (Å²) in [5.41, 5.74) is 4.47. The van der Waals surface area contributed by atoms with Crippen LogP contribution in [0.25, 0.3) is 0 Å². The van der Waals surface area contributed by atoms with Gasteiger partial charge in [-0.1, -0.05) is 91.3 Å². The van der Waals surface area contributed by atoms with E-state index in [0.717, 1.165) is 47.9 Å². The Morgan fingerprint density at radius 3 is 1.26 bits per heavy atom. The third-order valence-corrected chi connectivity index (χ3v) is 8.12. The van der Waals surface area contributed by atoms with Gasteiger partial charge in [0.2, 0.25) is 0 Å². The van der Waals surface area contributed by atoms with Crippen molar-refractivity contribution in [2.45, 2.75) is 61.9 Å². The Hall–Kier alpha value is -3.60. The predicted octanol–water partition coefficient (Wildman–Crippen LogP) is 7.51. The molecule has 4 heteroatoms. The molecule has 1 aliphatic carbocycles. The van der Waals surface area contributed by atoms with E-state index in [1.165, 1.54) is 6.42 Å². The van der Waals surface area contributed by atoms with Crippen LogP contribution in [0.5, 0.6) is 11.5 Å². The van der Waals surface area contributed by atoms with Crippen LogP contribution in [-0.4, -0.2) is 28.2 Å². The summed E-state index contributed by atoms with van der Waals surface area (Å²) in [5.74, 6) is -0.300. The molecule has 2 N–H and O–H groups in total. The standard InChI is InChI=1S/C34H34O4/c35-28-18-14-26(15-19-28)30(24-10-4-1-5-11-24)32-33(38-34(37-32)22-8-3-9-23-34)31(25-12-6-2-7-13-25)27-16-20-29(36)21-17-27/h1-2,4-7,10-21,30-33,35-36H,3,8-9,22-23H2/t30-,31-,32-,33-/m1/s1. The van der Waals surface area contributed by atoms with Crippen LogP contribution >= 0.6 is 0 Å². The van der Waals surface area contributed by atoms with Crippen molar-refractivity contribution < 1.29 is 19.7 Å². The molecule has 0 bridgehead atoms. The molecule has 2 aliphatic rings. The summed E-state index contributed by atoms with van der Waals surface area (Å²) in [6, 6.07) is 36.0. The van der Waals surface area contributed by atoms with E-state index in [1.54, 1.807) is 24.3 Å². The Labute approximate surface area is 224 Å². The van der Waals surface area contributed by atoms with Crippen LogP contribution in [0.2, 0.25) is 0 Å². The molecular formula is C34H34O4. The van der Waals surface area contributed by atoms with Gasteiger partial charge in [-0.25, -0.2) is 0 Å². The molecule has 1 saturated carbocycles. The van der Waals surface area contributed by atoms with Crippen molar-refractivity contribution in [1.29, 1.82) is 0 Å². The molecule has 1 heterocycles. The maximum atomic E-state index is 10.1. The van der Waals surface area contributed by atoms with Gasteiger partial charge in [0.05, 0.1) is 12.2 Å². The fraction of sp³-hybridized carbons (Fsp3) is 0.294. The molecule has 4 aromatic carbocycles. The summed E-state index contributed by atoms with van der Waals surface area (Å²) in [6.45, 7) is 0. The second kappa shape index (κ2) is 10.6. The highest BCUT2D eigenvalue weighted by Gasteiger charge is 2.53. The minimum atomic E-state index is -0.610. The van der Waals surface area contributed by atoms with Crippen LogP contribution in [0.3, 0.4) is 0 Å². The zero-order valence-electron chi connectivity index (χ0n) is 21.4. The van der Waals surface area contributed by atoms with Crippen LogP contribution in [0, 0.1) is 0 Å². The molecule has 0 amide bonds. The van der Waals surface area contributed by atoms with Crippen molar-refractivity contribution in [2.24, 2.45) is 0 Å². The van der Waals surface area contributed by atoms with Crippen molar-refractivity contribution in [3.63, 3.8) is 0 Å². The SMILES string of the molecule is Oc1ccc([C@@H](c2ccccc2)[C@H]2OC3(CCCCC3)O[C@@H]2[C@H](c2ccccc2)c2ccc(O)cc2)cc1. The lowest BCUT2D eigenvalue weighted by Gasteiger charge is -2.33. The first-order chi connectivity index (χ1) is 18.6. The lowest BCUT2D eigenvalue weighted by Crippen LogP contribution is -2.35. The van der Waals surface area contributed by atoms with Gasteiger partial charge in [0.25, 0.3) is 0 Å². The maximum Gasteiger partial charge on any atom is 0.169 e. The van der Waals surface area contributed by atoms with Crippen LogP contribution < -0.4 is 0 Å². The highest BCUT2D eigenvalue weighted by molar-refractivity contribution is 5.41. The van der Waals surface area contributed by atoms with Crippen molar-refractivity contribution in [1.82, 2.24) is 0 Å². The Bertz CT molecular complexity index is 1210. The highest BCUT2D eigenvalue weighted by atomic mass is 16.8. The second-order valence-electron chi connectivity index (χ2n) is 10.6. The van der Waals surface area contributed by atoms with E-state index in [-0.39, 0.29) is 35.5 Å². The van der Waals surface area contributed by atoms with Crippen LogP contribution in [0.4, 0.5) is 0 Å². The van der Waals surface area contributed by atoms with Gasteiger partial charge in [-0.05, 0) is 59.4 Å². The highest BCUT2D eigenvalue weighted by Crippen LogP contribution is 2.50. The minimum absolute atomic E-state index is 0.0913. The fourth-order valence-electron chi connectivity index (χ4n) is 6.33. The van der Waals surface area contributed by atoms with Crippen molar-refractivity contribution in [3.8, 4) is 11.5 Å². The number of phenols is 2. The zero-order valence-corrected chi connectivity index (χ0v) is 21.4. The molecule has 0 aromatic heterocycles. The van der Waals surface area contributed by atoms with Crippen molar-refractivity contribution >= 4 is 0 Å². The molecule has 38 heavy (non-hydrogen) atoms. The van der Waals surface area contributed by atoms with Crippen LogP contribution in [0.15, 0.2) is 109 Å². The molecule has 4 atom stereocenters. The molecule has 0 radical (unpaired) electrons. The van der Waals surface area contributed by atoms with E-state index in [4.69, 9.17) is 9.47 Å². The average Bonchev–Trinajstić information content (AvgIpc) is 3.30. The molecule has 1 saturated heterocycles. The van der Waals surface area contributed by atoms with Gasteiger partial charge in [-0.3, -0.25) is 0 Å². The first-order valence-corrected chi connectivity index (χ1v) is 13.7. The van der Waals surface area contributed by atoms with E-state index >= 15 is 0 Å². The summed E-state index contributed by atoms with van der Waals surface area (Å²) in [4.78, 5) is 0. The Morgan fingerprint density at radius 2 is 0.868 bits per heavy atom. The largest absolute Gasteiger partial charge is 0.508 e. The molecule has 1 spiro atoms. The van der Waals surface area contributed by atoms with Crippen molar-refractivity contribution in [3.05, 3.63) is 131 Å². The van der Waals surface area contributed by atoms with Gasteiger partial charge in [0, 0.05) is 24.7 Å². The first-order valence-electron chi connectivity index (χ1n) is 13.7. The summed E-state index contributed by atoms with van der Waals surface area (Å²) < 4.78 is 14.2. The topological polar surface area (TPSA) is 58.9 Å². The van der Waals surface area contributed by atoms with E-state index in [0.29, 0.717) is 0 Å². The van der Waals surface area contributed by atoms with Crippen LogP contribution in [-0.2, 0) is 9.47 Å². The van der Waals surface area contributed by atoms with Gasteiger partial charge in [0.15, 0.2) is 5.79 Å². The monoisotopic (exact) mass is 506 g/mol. The smallest absolute Gasteiger partial charge is 0.169 e. The number of hydrogen-bond acceptors (Lipinski definition) is 4. The number of ether oxygens (including phenoxy) is 2.